The van der Waals surface area contributed by atoms with Crippen molar-refractivity contribution in [1.82, 2.24) is 4.90 Å². The molecular formula is C19H25N5O4S. The highest BCUT2D eigenvalue weighted by molar-refractivity contribution is 7.12. The number of fused-ring (bicyclic) bond motifs is 1. The zero-order chi connectivity index (χ0) is 20.4. The van der Waals surface area contributed by atoms with Crippen LogP contribution in [0.15, 0.2) is 27.1 Å². The molecule has 1 unspecified atom stereocenters. The largest absolute Gasteiger partial charge is 0.394 e. The molecule has 0 spiro atoms. The third-order valence-electron chi connectivity index (χ3n) is 6.29. The van der Waals surface area contributed by atoms with Crippen LogP contribution in [0.2, 0.25) is 0 Å². The molecule has 1 aliphatic carbocycles. The second-order valence-electron chi connectivity index (χ2n) is 8.34. The molecule has 10 heteroatoms. The van der Waals surface area contributed by atoms with E-state index in [4.69, 9.17) is 10.5 Å². The van der Waals surface area contributed by atoms with Crippen LogP contribution in [0, 0.1) is 6.92 Å². The topological polar surface area (TPSA) is 136 Å². The molecule has 0 bridgehead atoms. The van der Waals surface area contributed by atoms with Crippen molar-refractivity contribution >= 4 is 29.2 Å². The Morgan fingerprint density at radius 3 is 2.72 bits per heavy atom. The van der Waals surface area contributed by atoms with Crippen LogP contribution in [-0.2, 0) is 10.2 Å². The number of aliphatic hydroxyl groups excluding tert-OH is 3. The van der Waals surface area contributed by atoms with E-state index in [0.29, 0.717) is 18.0 Å². The van der Waals surface area contributed by atoms with Crippen molar-refractivity contribution < 1.29 is 20.1 Å². The van der Waals surface area contributed by atoms with Crippen LogP contribution in [0.25, 0.3) is 0 Å². The highest BCUT2D eigenvalue weighted by Crippen LogP contribution is 2.55. The van der Waals surface area contributed by atoms with Gasteiger partial charge >= 0.3 is 0 Å². The Kier molecular flexibility index (Phi) is 4.43. The molecule has 5 rings (SSSR count). The Balaban J connectivity index is 1.38. The van der Waals surface area contributed by atoms with Gasteiger partial charge in [0, 0.05) is 21.6 Å². The lowest BCUT2D eigenvalue weighted by Crippen LogP contribution is -2.56. The summed E-state index contributed by atoms with van der Waals surface area (Å²) in [6.07, 6.45) is 0.163. The maximum Gasteiger partial charge on any atom is 0.162 e. The number of hydrogen-bond donors (Lipinski definition) is 4. The van der Waals surface area contributed by atoms with Gasteiger partial charge in [-0.05, 0) is 31.9 Å². The smallest absolute Gasteiger partial charge is 0.162 e. The van der Waals surface area contributed by atoms with E-state index in [2.05, 4.69) is 34.0 Å². The summed E-state index contributed by atoms with van der Waals surface area (Å²) in [6, 6.07) is 4.32. The van der Waals surface area contributed by atoms with Crippen molar-refractivity contribution in [1.29, 1.82) is 0 Å². The van der Waals surface area contributed by atoms with E-state index in [1.807, 2.05) is 0 Å². The van der Waals surface area contributed by atoms with Crippen molar-refractivity contribution in [2.45, 2.75) is 61.8 Å². The minimum atomic E-state index is -1.18. The van der Waals surface area contributed by atoms with Crippen LogP contribution in [0.5, 0.6) is 0 Å². The molecule has 0 amide bonds. The molecule has 5 N–H and O–H groups in total. The van der Waals surface area contributed by atoms with E-state index in [1.54, 1.807) is 16.2 Å². The van der Waals surface area contributed by atoms with E-state index in [1.165, 1.54) is 16.1 Å². The summed E-state index contributed by atoms with van der Waals surface area (Å²) in [5, 5.41) is 29.8. The third kappa shape index (κ3) is 2.97. The monoisotopic (exact) mass is 419 g/mol. The lowest BCUT2D eigenvalue weighted by Gasteiger charge is -2.34. The predicted octanol–water partition coefficient (Wildman–Crippen LogP) is -0.273. The number of aliphatic imine (C=N–C) groups is 3. The van der Waals surface area contributed by atoms with Crippen molar-refractivity contribution in [3.8, 4) is 0 Å². The Labute approximate surface area is 172 Å². The summed E-state index contributed by atoms with van der Waals surface area (Å²) in [5.41, 5.74) is 6.36. The van der Waals surface area contributed by atoms with Crippen molar-refractivity contribution in [2.75, 3.05) is 13.3 Å². The molecule has 1 aromatic rings. The lowest BCUT2D eigenvalue weighted by atomic mass is 9.87. The van der Waals surface area contributed by atoms with Crippen LogP contribution in [-0.4, -0.2) is 81.6 Å². The number of thiophene rings is 1. The Hall–Kier alpha value is -1.69. The van der Waals surface area contributed by atoms with Gasteiger partial charge in [0.1, 0.15) is 37.0 Å². The zero-order valence-corrected chi connectivity index (χ0v) is 16.9. The van der Waals surface area contributed by atoms with Gasteiger partial charge in [0.25, 0.3) is 0 Å². The van der Waals surface area contributed by atoms with E-state index in [9.17, 15) is 15.3 Å². The molecule has 5 atom stereocenters. The van der Waals surface area contributed by atoms with Gasteiger partial charge in [0.2, 0.25) is 0 Å². The third-order valence-corrected chi connectivity index (χ3v) is 7.54. The average molecular weight is 420 g/mol. The molecule has 1 saturated carbocycles. The van der Waals surface area contributed by atoms with E-state index in [0.717, 1.165) is 12.8 Å². The minimum Gasteiger partial charge on any atom is -0.394 e. The van der Waals surface area contributed by atoms with E-state index >= 15 is 0 Å². The molecule has 4 aliphatic rings. The van der Waals surface area contributed by atoms with Crippen LogP contribution < -0.4 is 5.73 Å². The maximum atomic E-state index is 10.4. The fourth-order valence-corrected chi connectivity index (χ4v) is 5.61. The van der Waals surface area contributed by atoms with Gasteiger partial charge in [-0.2, -0.15) is 0 Å². The van der Waals surface area contributed by atoms with Crippen LogP contribution in [0.3, 0.4) is 0 Å². The molecule has 3 aliphatic heterocycles. The summed E-state index contributed by atoms with van der Waals surface area (Å²) in [6.45, 7) is 1.92. The van der Waals surface area contributed by atoms with Crippen molar-refractivity contribution in [2.24, 2.45) is 20.7 Å². The van der Waals surface area contributed by atoms with Gasteiger partial charge < -0.3 is 30.7 Å². The van der Waals surface area contributed by atoms with Crippen LogP contribution in [0.4, 0.5) is 0 Å². The summed E-state index contributed by atoms with van der Waals surface area (Å²) < 4.78 is 5.66. The van der Waals surface area contributed by atoms with Crippen molar-refractivity contribution in [3.63, 3.8) is 0 Å². The first-order valence-corrected chi connectivity index (χ1v) is 10.6. The van der Waals surface area contributed by atoms with Gasteiger partial charge in [-0.15, -0.1) is 11.3 Å². The number of ether oxygens (including phenoxy) is 1. The van der Waals surface area contributed by atoms with Gasteiger partial charge in [0.15, 0.2) is 17.7 Å². The highest BCUT2D eigenvalue weighted by atomic mass is 32.1. The van der Waals surface area contributed by atoms with Crippen LogP contribution >= 0.6 is 11.3 Å². The second-order valence-corrected chi connectivity index (χ2v) is 9.62. The van der Waals surface area contributed by atoms with Gasteiger partial charge in [-0.25, -0.2) is 9.98 Å². The summed E-state index contributed by atoms with van der Waals surface area (Å²) in [7, 11) is 0. The normalized spacial score (nSPS) is 37.5. The highest BCUT2D eigenvalue weighted by Gasteiger charge is 2.55. The average Bonchev–Trinajstić information content (AvgIpc) is 3.02. The Morgan fingerprint density at radius 1 is 1.31 bits per heavy atom. The van der Waals surface area contributed by atoms with Gasteiger partial charge in [-0.3, -0.25) is 4.99 Å². The number of aliphatic hydroxyl groups is 3. The molecule has 1 saturated heterocycles. The zero-order valence-electron chi connectivity index (χ0n) is 16.1. The summed E-state index contributed by atoms with van der Waals surface area (Å²) >= 11 is 1.80. The number of nitrogens with two attached hydrogens (primary N) is 1. The molecule has 2 fully saturated rings. The molecule has 156 valence electrons. The predicted molar refractivity (Wildman–Crippen MR) is 109 cm³/mol. The first-order chi connectivity index (χ1) is 13.9. The number of amidine groups is 1. The molecule has 0 aromatic carbocycles. The standard InChI is InChI=1S/C19H25N5O4S/c1-10-2-3-12(29-10)18(4-5-18)7-19(20)15-16(21-8-23-19)24(9-22-15)17-14(27)13(26)11(6-25)28-17/h2-3,8,11,13-14,17,25-27H,4-7,9,20H2,1H3/t11-,13-,14-,17-,19?/m1/s1. The van der Waals surface area contributed by atoms with Gasteiger partial charge in [0.05, 0.1) is 6.61 Å². The molecule has 29 heavy (non-hydrogen) atoms. The van der Waals surface area contributed by atoms with Crippen molar-refractivity contribution in [3.05, 3.63) is 21.9 Å². The first kappa shape index (κ1) is 19.3. The molecule has 0 radical (unpaired) electrons. The number of nitrogens with zero attached hydrogens (tertiary/aromatic N) is 4. The summed E-state index contributed by atoms with van der Waals surface area (Å²) in [5.74, 6) is 0.510. The maximum absolute atomic E-state index is 10.4. The Bertz CT molecular complexity index is 910. The second kappa shape index (κ2) is 6.66. The fraction of sp³-hybridized carbons (Fsp3) is 0.632. The fourth-order valence-electron chi connectivity index (χ4n) is 4.50. The number of rotatable bonds is 5. The van der Waals surface area contributed by atoms with Crippen LogP contribution in [0.1, 0.15) is 29.0 Å². The first-order valence-electron chi connectivity index (χ1n) is 9.79. The summed E-state index contributed by atoms with van der Waals surface area (Å²) in [4.78, 5) is 17.8. The van der Waals surface area contributed by atoms with E-state index in [-0.39, 0.29) is 18.7 Å². The number of hydrogen-bond acceptors (Lipinski definition) is 10. The SMILES string of the molecule is Cc1ccc(C2(CC3(N)N=CN=C4C3=NCN4[C@@H]3O[C@H](CO)[C@@H](O)[C@H]3O)CC2)s1. The quantitative estimate of drug-likeness (QED) is 0.519. The molecule has 1 aromatic heterocycles. The Morgan fingerprint density at radius 2 is 2.10 bits per heavy atom. The molecular weight excluding hydrogens is 394 g/mol. The molecule has 9 nitrogen and oxygen atoms in total. The lowest BCUT2D eigenvalue weighted by molar-refractivity contribution is -0.0688. The number of aryl methyl sites for hydroxylation is 1. The van der Waals surface area contributed by atoms with E-state index < -0.39 is 30.2 Å². The molecule has 4 heterocycles. The van der Waals surface area contributed by atoms with Gasteiger partial charge in [-0.1, -0.05) is 0 Å². The minimum absolute atomic E-state index is 0.0188.